The first-order chi connectivity index (χ1) is 13.1. The quantitative estimate of drug-likeness (QED) is 0.851. The number of hydrogen-bond donors (Lipinski definition) is 1. The number of carbonyl (C=O) groups is 2. The zero-order chi connectivity index (χ0) is 18.9. The minimum Gasteiger partial charge on any atom is -0.465 e. The number of rotatable bonds is 3. The van der Waals surface area contributed by atoms with Crippen LogP contribution < -0.4 is 5.32 Å². The minimum atomic E-state index is -0.309. The van der Waals surface area contributed by atoms with Crippen LogP contribution >= 0.6 is 0 Å². The Labute approximate surface area is 159 Å². The summed E-state index contributed by atoms with van der Waals surface area (Å²) in [7, 11) is 1.40. The Morgan fingerprint density at radius 2 is 1.93 bits per heavy atom. The molecule has 0 aromatic heterocycles. The van der Waals surface area contributed by atoms with Gasteiger partial charge in [-0.25, -0.2) is 4.79 Å². The van der Waals surface area contributed by atoms with Crippen molar-refractivity contribution in [2.45, 2.75) is 31.3 Å². The first-order valence-corrected chi connectivity index (χ1v) is 9.39. The number of methoxy groups -OCH3 is 1. The lowest BCUT2D eigenvalue weighted by Crippen LogP contribution is -2.56. The van der Waals surface area contributed by atoms with Crippen LogP contribution in [0.2, 0.25) is 0 Å². The van der Waals surface area contributed by atoms with E-state index in [1.54, 1.807) is 6.07 Å². The molecule has 1 fully saturated rings. The first-order valence-electron chi connectivity index (χ1n) is 9.39. The summed E-state index contributed by atoms with van der Waals surface area (Å²) in [5.41, 5.74) is 3.87. The lowest BCUT2D eigenvalue weighted by molar-refractivity contribution is -0.124. The highest BCUT2D eigenvalue weighted by Crippen LogP contribution is 2.38. The third-order valence-electron chi connectivity index (χ3n) is 5.73. The largest absolute Gasteiger partial charge is 0.465 e. The molecule has 5 heteroatoms. The van der Waals surface area contributed by atoms with E-state index in [4.69, 9.17) is 4.74 Å². The second-order valence-corrected chi connectivity index (χ2v) is 7.43. The van der Waals surface area contributed by atoms with E-state index in [-0.39, 0.29) is 17.4 Å². The SMILES string of the molecule is COC(=O)c1cccc(CN2CCC3(CC2)NC(=O)Cc2ccccc23)c1. The summed E-state index contributed by atoms with van der Waals surface area (Å²) in [6, 6.07) is 15.9. The molecule has 2 aliphatic heterocycles. The predicted octanol–water partition coefficient (Wildman–Crippen LogP) is 2.64. The van der Waals surface area contributed by atoms with E-state index in [9.17, 15) is 9.59 Å². The Balaban J connectivity index is 1.47. The summed E-state index contributed by atoms with van der Waals surface area (Å²) in [6.45, 7) is 2.59. The molecule has 1 amide bonds. The highest BCUT2D eigenvalue weighted by Gasteiger charge is 2.41. The summed E-state index contributed by atoms with van der Waals surface area (Å²) < 4.78 is 4.81. The van der Waals surface area contributed by atoms with Crippen molar-refractivity contribution in [3.05, 3.63) is 70.8 Å². The van der Waals surface area contributed by atoms with Crippen molar-refractivity contribution in [3.63, 3.8) is 0 Å². The van der Waals surface area contributed by atoms with Gasteiger partial charge in [-0.1, -0.05) is 36.4 Å². The van der Waals surface area contributed by atoms with Gasteiger partial charge in [0.05, 0.1) is 24.6 Å². The van der Waals surface area contributed by atoms with E-state index in [1.165, 1.54) is 12.7 Å². The molecular formula is C22H24N2O3. The maximum Gasteiger partial charge on any atom is 0.337 e. The van der Waals surface area contributed by atoms with Crippen LogP contribution in [0.4, 0.5) is 0 Å². The van der Waals surface area contributed by atoms with Gasteiger partial charge in [0.25, 0.3) is 0 Å². The van der Waals surface area contributed by atoms with Gasteiger partial charge in [0.1, 0.15) is 0 Å². The molecule has 1 spiro atoms. The highest BCUT2D eigenvalue weighted by atomic mass is 16.5. The van der Waals surface area contributed by atoms with Gasteiger partial charge in [-0.05, 0) is 41.7 Å². The molecule has 1 saturated heterocycles. The molecule has 27 heavy (non-hydrogen) atoms. The number of benzene rings is 2. The molecular weight excluding hydrogens is 340 g/mol. The molecule has 0 radical (unpaired) electrons. The average Bonchev–Trinajstić information content (AvgIpc) is 2.69. The number of likely N-dealkylation sites (tertiary alicyclic amines) is 1. The Hall–Kier alpha value is -2.66. The van der Waals surface area contributed by atoms with E-state index in [1.807, 2.05) is 24.3 Å². The molecule has 0 aliphatic carbocycles. The maximum atomic E-state index is 12.2. The Kier molecular flexibility index (Phi) is 4.70. The lowest BCUT2D eigenvalue weighted by Gasteiger charge is -2.45. The number of esters is 1. The highest BCUT2D eigenvalue weighted by molar-refractivity contribution is 5.89. The van der Waals surface area contributed by atoms with Crippen LogP contribution in [0.15, 0.2) is 48.5 Å². The third kappa shape index (κ3) is 3.47. The van der Waals surface area contributed by atoms with Crippen molar-refractivity contribution in [1.29, 1.82) is 0 Å². The molecule has 4 rings (SSSR count). The Morgan fingerprint density at radius 1 is 1.15 bits per heavy atom. The van der Waals surface area contributed by atoms with Crippen LogP contribution in [0.25, 0.3) is 0 Å². The van der Waals surface area contributed by atoms with Gasteiger partial charge in [0.2, 0.25) is 5.91 Å². The van der Waals surface area contributed by atoms with E-state index in [0.29, 0.717) is 12.0 Å². The average molecular weight is 364 g/mol. The van der Waals surface area contributed by atoms with Crippen LogP contribution in [-0.4, -0.2) is 37.0 Å². The number of piperidine rings is 1. The van der Waals surface area contributed by atoms with E-state index >= 15 is 0 Å². The van der Waals surface area contributed by atoms with Crippen molar-refractivity contribution >= 4 is 11.9 Å². The van der Waals surface area contributed by atoms with E-state index < -0.39 is 0 Å². The second-order valence-electron chi connectivity index (χ2n) is 7.43. The topological polar surface area (TPSA) is 58.6 Å². The molecule has 5 nitrogen and oxygen atoms in total. The van der Waals surface area contributed by atoms with E-state index in [2.05, 4.69) is 28.4 Å². The van der Waals surface area contributed by atoms with Crippen molar-refractivity contribution in [1.82, 2.24) is 10.2 Å². The van der Waals surface area contributed by atoms with Gasteiger partial charge in [-0.3, -0.25) is 9.69 Å². The van der Waals surface area contributed by atoms with Crippen LogP contribution in [0.1, 0.15) is 39.9 Å². The molecule has 2 heterocycles. The molecule has 2 aliphatic rings. The molecule has 2 aromatic carbocycles. The van der Waals surface area contributed by atoms with Gasteiger partial charge in [-0.2, -0.15) is 0 Å². The van der Waals surface area contributed by atoms with Gasteiger partial charge in [0.15, 0.2) is 0 Å². The van der Waals surface area contributed by atoms with Crippen molar-refractivity contribution in [2.75, 3.05) is 20.2 Å². The van der Waals surface area contributed by atoms with Crippen LogP contribution in [0, 0.1) is 0 Å². The first kappa shape index (κ1) is 17.7. The van der Waals surface area contributed by atoms with E-state index in [0.717, 1.165) is 43.6 Å². The van der Waals surface area contributed by atoms with Crippen molar-refractivity contribution < 1.29 is 14.3 Å². The van der Waals surface area contributed by atoms with Gasteiger partial charge < -0.3 is 10.1 Å². The number of nitrogens with one attached hydrogen (secondary N) is 1. The molecule has 2 aromatic rings. The number of nitrogens with zero attached hydrogens (tertiary/aromatic N) is 1. The number of carbonyl (C=O) groups excluding carboxylic acids is 2. The fraction of sp³-hybridized carbons (Fsp3) is 0.364. The normalized spacial score (nSPS) is 18.6. The summed E-state index contributed by atoms with van der Waals surface area (Å²) in [6.07, 6.45) is 2.26. The van der Waals surface area contributed by atoms with Gasteiger partial charge in [0, 0.05) is 19.6 Å². The number of hydrogen-bond acceptors (Lipinski definition) is 4. The van der Waals surface area contributed by atoms with Crippen molar-refractivity contribution in [3.8, 4) is 0 Å². The minimum absolute atomic E-state index is 0.118. The fourth-order valence-corrected chi connectivity index (χ4v) is 4.35. The summed E-state index contributed by atoms with van der Waals surface area (Å²) in [5.74, 6) is -0.191. The van der Waals surface area contributed by atoms with Crippen LogP contribution in [-0.2, 0) is 28.0 Å². The second kappa shape index (κ2) is 7.16. The monoisotopic (exact) mass is 364 g/mol. The smallest absolute Gasteiger partial charge is 0.337 e. The summed E-state index contributed by atoms with van der Waals surface area (Å²) in [5, 5.41) is 3.28. The molecule has 0 bridgehead atoms. The number of fused-ring (bicyclic) bond motifs is 2. The third-order valence-corrected chi connectivity index (χ3v) is 5.73. The maximum absolute atomic E-state index is 12.2. The van der Waals surface area contributed by atoms with Gasteiger partial charge in [-0.15, -0.1) is 0 Å². The Bertz CT molecular complexity index is 869. The predicted molar refractivity (Wildman–Crippen MR) is 102 cm³/mol. The molecule has 140 valence electrons. The zero-order valence-corrected chi connectivity index (χ0v) is 15.5. The standard InChI is InChI=1S/C22H24N2O3/c1-27-21(26)18-7-4-5-16(13-18)15-24-11-9-22(10-12-24)19-8-3-2-6-17(19)14-20(25)23-22/h2-8,13H,9-12,14-15H2,1H3,(H,23,25). The molecule has 0 saturated carbocycles. The van der Waals surface area contributed by atoms with Crippen LogP contribution in [0.5, 0.6) is 0 Å². The van der Waals surface area contributed by atoms with Gasteiger partial charge >= 0.3 is 5.97 Å². The number of ether oxygens (including phenoxy) is 1. The zero-order valence-electron chi connectivity index (χ0n) is 15.5. The lowest BCUT2D eigenvalue weighted by atomic mass is 9.75. The Morgan fingerprint density at radius 3 is 2.70 bits per heavy atom. The van der Waals surface area contributed by atoms with Crippen LogP contribution in [0.3, 0.4) is 0 Å². The molecule has 0 unspecified atom stereocenters. The van der Waals surface area contributed by atoms with Crippen molar-refractivity contribution in [2.24, 2.45) is 0 Å². The number of amides is 1. The molecule has 1 N–H and O–H groups in total. The molecule has 0 atom stereocenters. The summed E-state index contributed by atoms with van der Waals surface area (Å²) >= 11 is 0. The fourth-order valence-electron chi connectivity index (χ4n) is 4.35. The summed E-state index contributed by atoms with van der Waals surface area (Å²) in [4.78, 5) is 26.3.